The van der Waals surface area contributed by atoms with Gasteiger partial charge >= 0.3 is 5.69 Å². The third-order valence-electron chi connectivity index (χ3n) is 4.31. The van der Waals surface area contributed by atoms with Gasteiger partial charge in [-0.3, -0.25) is 4.79 Å². The van der Waals surface area contributed by atoms with Crippen LogP contribution in [0, 0.1) is 0 Å². The van der Waals surface area contributed by atoms with E-state index in [0.717, 1.165) is 30.6 Å². The highest BCUT2D eigenvalue weighted by Crippen LogP contribution is 2.20. The van der Waals surface area contributed by atoms with Crippen molar-refractivity contribution in [3.63, 3.8) is 0 Å². The first-order valence-corrected chi connectivity index (χ1v) is 8.74. The number of anilines is 2. The van der Waals surface area contributed by atoms with E-state index in [0.29, 0.717) is 22.2 Å². The summed E-state index contributed by atoms with van der Waals surface area (Å²) in [6.07, 6.45) is 5.34. The minimum Gasteiger partial charge on any atom is -0.353 e. The predicted molar refractivity (Wildman–Crippen MR) is 98.8 cm³/mol. The Morgan fingerprint density at radius 1 is 1.19 bits per heavy atom. The van der Waals surface area contributed by atoms with Gasteiger partial charge in [-0.25, -0.2) is 18.9 Å². The zero-order valence-corrected chi connectivity index (χ0v) is 14.7. The molecule has 1 fully saturated rings. The number of nitrogens with zero attached hydrogens (tertiary/aromatic N) is 5. The molecule has 0 unspecified atom stereocenters. The van der Waals surface area contributed by atoms with Gasteiger partial charge in [0.05, 0.1) is 0 Å². The third-order valence-corrected chi connectivity index (χ3v) is 4.56. The lowest BCUT2D eigenvalue weighted by Gasteiger charge is -2.15. The fourth-order valence-electron chi connectivity index (χ4n) is 3.06. The molecule has 8 nitrogen and oxygen atoms in total. The van der Waals surface area contributed by atoms with Gasteiger partial charge in [0.2, 0.25) is 11.6 Å². The van der Waals surface area contributed by atoms with Gasteiger partial charge < -0.3 is 10.2 Å². The van der Waals surface area contributed by atoms with Gasteiger partial charge in [-0.05, 0) is 37.1 Å². The molecule has 1 aromatic carbocycles. The van der Waals surface area contributed by atoms with Crippen LogP contribution in [-0.2, 0) is 11.3 Å². The first-order chi connectivity index (χ1) is 12.6. The molecule has 0 saturated carbocycles. The zero-order valence-electron chi connectivity index (χ0n) is 13.9. The molecule has 0 aliphatic carbocycles. The summed E-state index contributed by atoms with van der Waals surface area (Å²) >= 11 is 5.83. The molecule has 3 heterocycles. The van der Waals surface area contributed by atoms with Crippen molar-refractivity contribution in [1.82, 2.24) is 19.2 Å². The summed E-state index contributed by atoms with van der Waals surface area (Å²) in [6.45, 7) is 1.61. The molecule has 1 saturated heterocycles. The van der Waals surface area contributed by atoms with Gasteiger partial charge in [-0.1, -0.05) is 11.6 Å². The number of amides is 1. The van der Waals surface area contributed by atoms with Crippen LogP contribution in [0.4, 0.5) is 11.5 Å². The van der Waals surface area contributed by atoms with Gasteiger partial charge in [-0.2, -0.15) is 0 Å². The molecular weight excluding hydrogens is 356 g/mol. The second-order valence-corrected chi connectivity index (χ2v) is 6.57. The van der Waals surface area contributed by atoms with Crippen LogP contribution in [0.1, 0.15) is 12.8 Å². The highest BCUT2D eigenvalue weighted by Gasteiger charge is 2.20. The molecule has 1 N–H and O–H groups in total. The fraction of sp³-hybridized carbons (Fsp3) is 0.294. The Balaban J connectivity index is 1.59. The maximum Gasteiger partial charge on any atom is 0.350 e. The molecule has 0 spiro atoms. The molecule has 0 bridgehead atoms. The maximum absolute atomic E-state index is 12.5. The van der Waals surface area contributed by atoms with Crippen molar-refractivity contribution in [2.75, 3.05) is 23.3 Å². The van der Waals surface area contributed by atoms with Crippen LogP contribution < -0.4 is 15.9 Å². The van der Waals surface area contributed by atoms with Gasteiger partial charge in [-0.15, -0.1) is 5.10 Å². The van der Waals surface area contributed by atoms with Gasteiger partial charge in [0.15, 0.2) is 5.82 Å². The lowest BCUT2D eigenvalue weighted by molar-refractivity contribution is -0.117. The number of nitrogens with one attached hydrogen (secondary N) is 1. The number of rotatable bonds is 4. The van der Waals surface area contributed by atoms with E-state index in [-0.39, 0.29) is 18.1 Å². The maximum atomic E-state index is 12.5. The Bertz CT molecular complexity index is 1000. The van der Waals surface area contributed by atoms with Crippen molar-refractivity contribution in [3.05, 3.63) is 52.2 Å². The molecule has 9 heteroatoms. The summed E-state index contributed by atoms with van der Waals surface area (Å²) in [5.74, 6) is 0.340. The number of hydrogen-bond donors (Lipinski definition) is 1. The van der Waals surface area contributed by atoms with Gasteiger partial charge in [0.1, 0.15) is 6.54 Å². The summed E-state index contributed by atoms with van der Waals surface area (Å²) in [5, 5.41) is 7.64. The Kier molecular flexibility index (Phi) is 4.34. The van der Waals surface area contributed by atoms with Crippen LogP contribution in [0.2, 0.25) is 5.02 Å². The number of carbonyl (C=O) groups excluding carboxylic acids is 1. The van der Waals surface area contributed by atoms with Crippen molar-refractivity contribution < 1.29 is 4.79 Å². The second-order valence-electron chi connectivity index (χ2n) is 6.13. The molecular formula is C17H17ClN6O2. The zero-order chi connectivity index (χ0) is 18.1. The molecule has 4 rings (SSSR count). The van der Waals surface area contributed by atoms with Crippen LogP contribution in [0.25, 0.3) is 5.65 Å². The standard InChI is InChI=1S/C17H17ClN6O2/c18-12-3-5-13(6-4-12)20-14(25)11-24-17(26)23-10-7-19-15(16(23)21-24)22-8-1-2-9-22/h3-7,10H,1-2,8-9,11H2,(H,20,25). The van der Waals surface area contributed by atoms with E-state index in [9.17, 15) is 9.59 Å². The quantitative estimate of drug-likeness (QED) is 0.754. The summed E-state index contributed by atoms with van der Waals surface area (Å²) in [6, 6.07) is 6.76. The number of fused-ring (bicyclic) bond motifs is 1. The monoisotopic (exact) mass is 372 g/mol. The molecule has 1 amide bonds. The molecule has 0 atom stereocenters. The SMILES string of the molecule is O=C(Cn1nc2c(N3CCCC3)nccn2c1=O)Nc1ccc(Cl)cc1. The Hall–Kier alpha value is -2.87. The van der Waals surface area contributed by atoms with E-state index in [4.69, 9.17) is 11.6 Å². The van der Waals surface area contributed by atoms with Crippen LogP contribution in [0.3, 0.4) is 0 Å². The number of halogens is 1. The van der Waals surface area contributed by atoms with E-state index in [1.807, 2.05) is 0 Å². The largest absolute Gasteiger partial charge is 0.353 e. The van der Waals surface area contributed by atoms with E-state index in [2.05, 4.69) is 20.3 Å². The van der Waals surface area contributed by atoms with E-state index >= 15 is 0 Å². The average Bonchev–Trinajstić information content (AvgIpc) is 3.26. The number of aromatic nitrogens is 4. The van der Waals surface area contributed by atoms with Crippen LogP contribution in [0.15, 0.2) is 41.5 Å². The number of hydrogen-bond acceptors (Lipinski definition) is 5. The smallest absolute Gasteiger partial charge is 0.350 e. The molecule has 134 valence electrons. The third kappa shape index (κ3) is 3.15. The summed E-state index contributed by atoms with van der Waals surface area (Å²) < 4.78 is 2.58. The fourth-order valence-corrected chi connectivity index (χ4v) is 3.19. The summed E-state index contributed by atoms with van der Waals surface area (Å²) in [5.41, 5.74) is 0.712. The van der Waals surface area contributed by atoms with Crippen LogP contribution >= 0.6 is 11.6 Å². The van der Waals surface area contributed by atoms with E-state index in [1.165, 1.54) is 4.40 Å². The number of carbonyl (C=O) groups is 1. The molecule has 26 heavy (non-hydrogen) atoms. The molecule has 1 aliphatic heterocycles. The molecule has 3 aromatic rings. The Labute approximate surface area is 154 Å². The second kappa shape index (κ2) is 6.80. The topological polar surface area (TPSA) is 84.5 Å². The minimum atomic E-state index is -0.367. The lowest BCUT2D eigenvalue weighted by Crippen LogP contribution is -2.28. The average molecular weight is 373 g/mol. The summed E-state index contributed by atoms with van der Waals surface area (Å²) in [7, 11) is 0. The predicted octanol–water partition coefficient (Wildman–Crippen LogP) is 1.78. The lowest BCUT2D eigenvalue weighted by atomic mass is 10.3. The van der Waals surface area contributed by atoms with Crippen LogP contribution in [0.5, 0.6) is 0 Å². The van der Waals surface area contributed by atoms with Crippen molar-refractivity contribution in [3.8, 4) is 0 Å². The first kappa shape index (κ1) is 16.6. The highest BCUT2D eigenvalue weighted by molar-refractivity contribution is 6.30. The van der Waals surface area contributed by atoms with Crippen molar-refractivity contribution in [2.24, 2.45) is 0 Å². The molecule has 1 aliphatic rings. The number of benzene rings is 1. The highest BCUT2D eigenvalue weighted by atomic mass is 35.5. The normalized spacial score (nSPS) is 14.1. The Morgan fingerprint density at radius 2 is 1.92 bits per heavy atom. The van der Waals surface area contributed by atoms with Crippen molar-refractivity contribution >= 4 is 34.7 Å². The van der Waals surface area contributed by atoms with Gasteiger partial charge in [0, 0.05) is 36.2 Å². The first-order valence-electron chi connectivity index (χ1n) is 8.36. The molecule has 2 aromatic heterocycles. The Morgan fingerprint density at radius 3 is 2.65 bits per heavy atom. The molecule has 0 radical (unpaired) electrons. The minimum absolute atomic E-state index is 0.178. The van der Waals surface area contributed by atoms with Gasteiger partial charge in [0.25, 0.3) is 0 Å². The van der Waals surface area contributed by atoms with Crippen molar-refractivity contribution in [1.29, 1.82) is 0 Å². The van der Waals surface area contributed by atoms with E-state index < -0.39 is 0 Å². The van der Waals surface area contributed by atoms with Crippen molar-refractivity contribution in [2.45, 2.75) is 19.4 Å². The van der Waals surface area contributed by atoms with Crippen LogP contribution in [-0.4, -0.2) is 38.2 Å². The van der Waals surface area contributed by atoms with E-state index in [1.54, 1.807) is 36.7 Å². The summed E-state index contributed by atoms with van der Waals surface area (Å²) in [4.78, 5) is 31.3.